The van der Waals surface area contributed by atoms with Gasteiger partial charge in [-0.1, -0.05) is 0 Å². The first-order chi connectivity index (χ1) is 12.0. The van der Waals surface area contributed by atoms with E-state index in [9.17, 15) is 14.7 Å². The van der Waals surface area contributed by atoms with Crippen LogP contribution in [0.4, 0.5) is 0 Å². The fourth-order valence-electron chi connectivity index (χ4n) is 4.28. The summed E-state index contributed by atoms with van der Waals surface area (Å²) in [6.45, 7) is 2.80. The van der Waals surface area contributed by atoms with E-state index in [1.165, 1.54) is 12.4 Å². The van der Waals surface area contributed by atoms with Gasteiger partial charge in [-0.05, 0) is 37.5 Å². The van der Waals surface area contributed by atoms with Crippen molar-refractivity contribution in [3.8, 4) is 0 Å². The van der Waals surface area contributed by atoms with Crippen LogP contribution in [0.2, 0.25) is 0 Å². The summed E-state index contributed by atoms with van der Waals surface area (Å²) in [5.41, 5.74) is -0.391. The zero-order valence-corrected chi connectivity index (χ0v) is 14.3. The summed E-state index contributed by atoms with van der Waals surface area (Å²) in [5, 5.41) is 10.2. The smallest absolute Gasteiger partial charge is 0.274 e. The Hall–Kier alpha value is -2.02. The maximum absolute atomic E-state index is 12.5. The number of hydrogen-bond donors (Lipinski definition) is 1. The van der Waals surface area contributed by atoms with E-state index in [1.54, 1.807) is 6.20 Å². The summed E-state index contributed by atoms with van der Waals surface area (Å²) in [4.78, 5) is 36.8. The highest BCUT2D eigenvalue weighted by Gasteiger charge is 2.43. The summed E-state index contributed by atoms with van der Waals surface area (Å²) >= 11 is 0. The molecule has 2 atom stereocenters. The zero-order chi connectivity index (χ0) is 17.4. The number of aliphatic hydroxyl groups is 1. The van der Waals surface area contributed by atoms with Gasteiger partial charge in [0, 0.05) is 38.6 Å². The molecule has 3 fully saturated rings. The van der Waals surface area contributed by atoms with E-state index in [1.807, 2.05) is 9.80 Å². The van der Waals surface area contributed by atoms with Gasteiger partial charge in [-0.25, -0.2) is 4.98 Å². The Bertz CT molecular complexity index is 662. The second kappa shape index (κ2) is 6.37. The molecule has 1 aromatic rings. The fraction of sp³-hybridized carbons (Fsp3) is 0.667. The SMILES string of the molecule is O=C(CC1(O)CCC1)N1C[C@H]2CCN(C(=O)c3cnccn3)C[C@@H]2C1. The Labute approximate surface area is 147 Å². The van der Waals surface area contributed by atoms with E-state index >= 15 is 0 Å². The van der Waals surface area contributed by atoms with E-state index < -0.39 is 5.60 Å². The molecule has 2 saturated heterocycles. The van der Waals surface area contributed by atoms with Crippen LogP contribution in [-0.4, -0.2) is 68.5 Å². The second-order valence-electron chi connectivity index (χ2n) is 7.70. The predicted octanol–water partition coefficient (Wildman–Crippen LogP) is 0.702. The number of aromatic nitrogens is 2. The van der Waals surface area contributed by atoms with Crippen LogP contribution in [0.15, 0.2) is 18.6 Å². The van der Waals surface area contributed by atoms with Gasteiger partial charge in [-0.15, -0.1) is 0 Å². The number of amides is 2. The zero-order valence-electron chi connectivity index (χ0n) is 14.3. The molecule has 25 heavy (non-hydrogen) atoms. The van der Waals surface area contributed by atoms with Crippen molar-refractivity contribution >= 4 is 11.8 Å². The topological polar surface area (TPSA) is 86.6 Å². The first kappa shape index (κ1) is 16.4. The Morgan fingerprint density at radius 3 is 2.60 bits per heavy atom. The van der Waals surface area contributed by atoms with Crippen molar-refractivity contribution in [1.82, 2.24) is 19.8 Å². The van der Waals surface area contributed by atoms with Crippen molar-refractivity contribution in [3.05, 3.63) is 24.3 Å². The summed E-state index contributed by atoms with van der Waals surface area (Å²) in [6.07, 6.45) is 8.21. The molecule has 1 aliphatic carbocycles. The Balaban J connectivity index is 1.36. The molecule has 1 N–H and O–H groups in total. The summed E-state index contributed by atoms with van der Waals surface area (Å²) in [5.74, 6) is 0.740. The minimum absolute atomic E-state index is 0.0587. The monoisotopic (exact) mass is 344 g/mol. The number of carbonyl (C=O) groups is 2. The van der Waals surface area contributed by atoms with Crippen LogP contribution in [0.3, 0.4) is 0 Å². The van der Waals surface area contributed by atoms with Crippen LogP contribution in [0.5, 0.6) is 0 Å². The van der Waals surface area contributed by atoms with Gasteiger partial charge in [0.05, 0.1) is 18.2 Å². The number of carbonyl (C=O) groups excluding carboxylic acids is 2. The number of rotatable bonds is 3. The lowest BCUT2D eigenvalue weighted by molar-refractivity contribution is -0.139. The lowest BCUT2D eigenvalue weighted by Gasteiger charge is -2.37. The van der Waals surface area contributed by atoms with Crippen LogP contribution in [0, 0.1) is 11.8 Å². The van der Waals surface area contributed by atoms with Crippen LogP contribution in [0.25, 0.3) is 0 Å². The molecule has 0 bridgehead atoms. The van der Waals surface area contributed by atoms with Gasteiger partial charge in [-0.2, -0.15) is 0 Å². The molecule has 3 heterocycles. The molecule has 3 aliphatic rings. The molecule has 134 valence electrons. The molecule has 1 aromatic heterocycles. The normalized spacial score (nSPS) is 27.6. The van der Waals surface area contributed by atoms with Gasteiger partial charge < -0.3 is 14.9 Å². The van der Waals surface area contributed by atoms with E-state index in [0.717, 1.165) is 32.2 Å². The summed E-state index contributed by atoms with van der Waals surface area (Å²) in [6, 6.07) is 0. The maximum Gasteiger partial charge on any atom is 0.274 e. The van der Waals surface area contributed by atoms with Crippen LogP contribution >= 0.6 is 0 Å². The third-order valence-electron chi connectivity index (χ3n) is 5.99. The number of hydrogen-bond acceptors (Lipinski definition) is 5. The van der Waals surface area contributed by atoms with E-state index in [2.05, 4.69) is 9.97 Å². The Kier molecular flexibility index (Phi) is 4.19. The number of piperidine rings is 1. The molecule has 0 unspecified atom stereocenters. The molecular formula is C18H24N4O3. The van der Waals surface area contributed by atoms with E-state index in [0.29, 0.717) is 37.2 Å². The number of likely N-dealkylation sites (tertiary alicyclic amines) is 2. The van der Waals surface area contributed by atoms with Crippen molar-refractivity contribution in [2.45, 2.75) is 37.7 Å². The molecule has 2 aliphatic heterocycles. The van der Waals surface area contributed by atoms with Gasteiger partial charge in [-0.3, -0.25) is 14.6 Å². The Morgan fingerprint density at radius 2 is 1.92 bits per heavy atom. The largest absolute Gasteiger partial charge is 0.389 e. The predicted molar refractivity (Wildman–Crippen MR) is 89.5 cm³/mol. The molecule has 7 heteroatoms. The molecule has 2 amide bonds. The minimum Gasteiger partial charge on any atom is -0.389 e. The molecule has 0 aromatic carbocycles. The quantitative estimate of drug-likeness (QED) is 0.872. The van der Waals surface area contributed by atoms with Crippen molar-refractivity contribution in [3.63, 3.8) is 0 Å². The average molecular weight is 344 g/mol. The summed E-state index contributed by atoms with van der Waals surface area (Å²) < 4.78 is 0. The molecule has 1 saturated carbocycles. The summed E-state index contributed by atoms with van der Waals surface area (Å²) in [7, 11) is 0. The standard InChI is InChI=1S/C18H24N4O3/c23-16(8-18(25)3-1-4-18)22-10-13-2-7-21(11-14(13)12-22)17(24)15-9-19-5-6-20-15/h5-6,9,13-14,25H,1-4,7-8,10-12H2/t13-,14-/m1/s1. The first-order valence-electron chi connectivity index (χ1n) is 9.09. The van der Waals surface area contributed by atoms with Crippen LogP contribution in [-0.2, 0) is 4.79 Å². The second-order valence-corrected chi connectivity index (χ2v) is 7.70. The average Bonchev–Trinajstić information content (AvgIpc) is 3.04. The van der Waals surface area contributed by atoms with Gasteiger partial charge in [0.2, 0.25) is 5.91 Å². The lowest BCUT2D eigenvalue weighted by atomic mass is 9.77. The highest BCUT2D eigenvalue weighted by atomic mass is 16.3. The van der Waals surface area contributed by atoms with Gasteiger partial charge >= 0.3 is 0 Å². The maximum atomic E-state index is 12.5. The Morgan fingerprint density at radius 1 is 1.16 bits per heavy atom. The van der Waals surface area contributed by atoms with Crippen molar-refractivity contribution in [1.29, 1.82) is 0 Å². The molecule has 0 spiro atoms. The van der Waals surface area contributed by atoms with Gasteiger partial charge in [0.25, 0.3) is 5.91 Å². The van der Waals surface area contributed by atoms with Gasteiger partial charge in [0.15, 0.2) is 0 Å². The van der Waals surface area contributed by atoms with Crippen molar-refractivity contribution in [2.24, 2.45) is 11.8 Å². The third-order valence-corrected chi connectivity index (χ3v) is 5.99. The molecule has 0 radical (unpaired) electrons. The van der Waals surface area contributed by atoms with Crippen molar-refractivity contribution < 1.29 is 14.7 Å². The van der Waals surface area contributed by atoms with Crippen molar-refractivity contribution in [2.75, 3.05) is 26.2 Å². The number of nitrogens with zero attached hydrogens (tertiary/aromatic N) is 4. The lowest BCUT2D eigenvalue weighted by Crippen LogP contribution is -2.44. The minimum atomic E-state index is -0.765. The molecular weight excluding hydrogens is 320 g/mol. The van der Waals surface area contributed by atoms with E-state index in [-0.39, 0.29) is 18.2 Å². The van der Waals surface area contributed by atoms with Crippen LogP contribution < -0.4 is 0 Å². The first-order valence-corrected chi connectivity index (χ1v) is 9.09. The highest BCUT2D eigenvalue weighted by Crippen LogP contribution is 2.37. The fourth-order valence-corrected chi connectivity index (χ4v) is 4.28. The van der Waals surface area contributed by atoms with Gasteiger partial charge in [0.1, 0.15) is 5.69 Å². The molecule has 4 rings (SSSR count). The number of fused-ring (bicyclic) bond motifs is 1. The van der Waals surface area contributed by atoms with E-state index in [4.69, 9.17) is 0 Å². The van der Waals surface area contributed by atoms with Crippen LogP contribution in [0.1, 0.15) is 42.6 Å². The highest BCUT2D eigenvalue weighted by molar-refractivity contribution is 5.92. The third kappa shape index (κ3) is 3.25. The molecule has 7 nitrogen and oxygen atoms in total.